The quantitative estimate of drug-likeness (QED) is 0.450. The first-order valence-electron chi connectivity index (χ1n) is 7.20. The van der Waals surface area contributed by atoms with Crippen LogP contribution in [0.3, 0.4) is 0 Å². The summed E-state index contributed by atoms with van der Waals surface area (Å²) in [6.07, 6.45) is 0. The lowest BCUT2D eigenvalue weighted by atomic mass is 10.0. The van der Waals surface area contributed by atoms with Crippen LogP contribution in [0, 0.1) is 13.8 Å². The Hall–Kier alpha value is -2.55. The minimum Gasteiger partial charge on any atom is -0.485 e. The molecule has 0 spiro atoms. The highest BCUT2D eigenvalue weighted by atomic mass is 16.5. The average molecular weight is 274 g/mol. The molecule has 2 aromatic carbocycles. The molecular formula is C18H14N2O. The summed E-state index contributed by atoms with van der Waals surface area (Å²) in [6, 6.07) is 12.7. The van der Waals surface area contributed by atoms with Gasteiger partial charge in [-0.1, -0.05) is 30.3 Å². The summed E-state index contributed by atoms with van der Waals surface area (Å²) in [4.78, 5) is 4.81. The Morgan fingerprint density at radius 3 is 2.71 bits per heavy atom. The van der Waals surface area contributed by atoms with Crippen LogP contribution in [0.5, 0.6) is 5.75 Å². The van der Waals surface area contributed by atoms with E-state index in [9.17, 15) is 0 Å². The lowest BCUT2D eigenvalue weighted by Crippen LogP contribution is -2.09. The predicted molar refractivity (Wildman–Crippen MR) is 84.0 cm³/mol. The number of hydrogen-bond acceptors (Lipinski definition) is 2. The summed E-state index contributed by atoms with van der Waals surface area (Å²) < 4.78 is 8.26. The monoisotopic (exact) mass is 274 g/mol. The molecule has 0 saturated heterocycles. The number of aryl methyl sites for hydroxylation is 2. The number of rotatable bonds is 0. The number of imidazole rings is 1. The lowest BCUT2D eigenvalue weighted by molar-refractivity contribution is 0.294. The highest BCUT2D eigenvalue weighted by molar-refractivity contribution is 6.14. The van der Waals surface area contributed by atoms with Crippen molar-refractivity contribution in [3.05, 3.63) is 53.3 Å². The molecule has 5 rings (SSSR count). The molecule has 2 aromatic heterocycles. The van der Waals surface area contributed by atoms with Gasteiger partial charge in [0.1, 0.15) is 18.0 Å². The van der Waals surface area contributed by atoms with Crippen molar-refractivity contribution in [2.45, 2.75) is 20.5 Å². The SMILES string of the molecule is Cc1nc2c3ccccc3c3c(C)ccc4c3n2c1CO4. The molecule has 1 aliphatic heterocycles. The number of ether oxygens (including phenoxy) is 1. The topological polar surface area (TPSA) is 26.5 Å². The first-order valence-corrected chi connectivity index (χ1v) is 7.20. The maximum Gasteiger partial charge on any atom is 0.145 e. The van der Waals surface area contributed by atoms with Gasteiger partial charge in [0.2, 0.25) is 0 Å². The first-order chi connectivity index (χ1) is 10.3. The van der Waals surface area contributed by atoms with Gasteiger partial charge in [-0.05, 0) is 30.9 Å². The van der Waals surface area contributed by atoms with Crippen molar-refractivity contribution < 1.29 is 4.74 Å². The summed E-state index contributed by atoms with van der Waals surface area (Å²) in [5, 5.41) is 3.73. The minimum atomic E-state index is 0.594. The molecule has 3 heterocycles. The Morgan fingerprint density at radius 2 is 1.86 bits per heavy atom. The fraction of sp³-hybridized carbons (Fsp3) is 0.167. The van der Waals surface area contributed by atoms with Crippen molar-refractivity contribution in [2.24, 2.45) is 0 Å². The predicted octanol–water partition coefficient (Wildman–Crippen LogP) is 4.15. The summed E-state index contributed by atoms with van der Waals surface area (Å²) in [6.45, 7) is 4.82. The normalized spacial score (nSPS) is 13.4. The number of hydrogen-bond donors (Lipinski definition) is 0. The van der Waals surface area contributed by atoms with Gasteiger partial charge in [-0.25, -0.2) is 4.98 Å². The number of benzene rings is 2. The summed E-state index contributed by atoms with van der Waals surface area (Å²) in [5.41, 5.74) is 5.69. The van der Waals surface area contributed by atoms with Gasteiger partial charge in [-0.3, -0.25) is 4.40 Å². The zero-order valence-electron chi connectivity index (χ0n) is 12.0. The van der Waals surface area contributed by atoms with Crippen LogP contribution >= 0.6 is 0 Å². The van der Waals surface area contributed by atoms with Gasteiger partial charge in [0, 0.05) is 10.8 Å². The number of pyridine rings is 1. The average Bonchev–Trinajstić information content (AvgIpc) is 2.85. The van der Waals surface area contributed by atoms with Crippen molar-refractivity contribution in [3.8, 4) is 5.75 Å². The third-order valence-electron chi connectivity index (χ3n) is 4.55. The summed E-state index contributed by atoms with van der Waals surface area (Å²) in [7, 11) is 0. The molecule has 0 unspecified atom stereocenters. The number of fused-ring (bicyclic) bond motifs is 3. The van der Waals surface area contributed by atoms with Crippen molar-refractivity contribution in [1.82, 2.24) is 9.38 Å². The van der Waals surface area contributed by atoms with E-state index in [-0.39, 0.29) is 0 Å². The molecule has 0 atom stereocenters. The molecule has 21 heavy (non-hydrogen) atoms. The molecule has 0 fully saturated rings. The van der Waals surface area contributed by atoms with E-state index in [2.05, 4.69) is 54.6 Å². The molecule has 0 radical (unpaired) electrons. The van der Waals surface area contributed by atoms with Gasteiger partial charge in [-0.15, -0.1) is 0 Å². The van der Waals surface area contributed by atoms with Crippen LogP contribution in [0.1, 0.15) is 17.0 Å². The zero-order valence-corrected chi connectivity index (χ0v) is 12.0. The lowest BCUT2D eigenvalue weighted by Gasteiger charge is -2.20. The van der Waals surface area contributed by atoms with Crippen LogP contribution < -0.4 is 4.74 Å². The van der Waals surface area contributed by atoms with Crippen LogP contribution in [0.4, 0.5) is 0 Å². The molecule has 102 valence electrons. The number of nitrogens with zero attached hydrogens (tertiary/aromatic N) is 2. The van der Waals surface area contributed by atoms with E-state index in [4.69, 9.17) is 9.72 Å². The second-order valence-electron chi connectivity index (χ2n) is 5.74. The first kappa shape index (κ1) is 11.1. The van der Waals surface area contributed by atoms with Crippen LogP contribution in [-0.2, 0) is 6.61 Å². The highest BCUT2D eigenvalue weighted by Gasteiger charge is 2.23. The fourth-order valence-electron chi connectivity index (χ4n) is 3.55. The Morgan fingerprint density at radius 1 is 1.05 bits per heavy atom. The van der Waals surface area contributed by atoms with E-state index >= 15 is 0 Å². The van der Waals surface area contributed by atoms with E-state index in [0.717, 1.165) is 22.6 Å². The van der Waals surface area contributed by atoms with E-state index in [0.29, 0.717) is 6.61 Å². The van der Waals surface area contributed by atoms with Gasteiger partial charge in [0.05, 0.1) is 16.9 Å². The molecule has 0 N–H and O–H groups in total. The van der Waals surface area contributed by atoms with Crippen LogP contribution in [0.2, 0.25) is 0 Å². The Bertz CT molecular complexity index is 1060. The standard InChI is InChI=1S/C18H14N2O/c1-10-7-8-15-17-16(10)12-5-3-4-6-13(12)18-19-11(2)14(9-21-15)20(17)18/h3-8H,9H2,1-2H3. The van der Waals surface area contributed by atoms with E-state index in [1.165, 1.54) is 27.4 Å². The van der Waals surface area contributed by atoms with Crippen LogP contribution in [0.25, 0.3) is 27.3 Å². The van der Waals surface area contributed by atoms with Gasteiger partial charge in [-0.2, -0.15) is 0 Å². The molecule has 3 nitrogen and oxygen atoms in total. The summed E-state index contributed by atoms with van der Waals surface area (Å²) >= 11 is 0. The molecule has 1 aliphatic rings. The van der Waals surface area contributed by atoms with Crippen molar-refractivity contribution >= 4 is 27.3 Å². The summed E-state index contributed by atoms with van der Waals surface area (Å²) in [5.74, 6) is 0.955. The Kier molecular flexibility index (Phi) is 1.89. The van der Waals surface area contributed by atoms with E-state index in [1.807, 2.05) is 0 Å². The zero-order chi connectivity index (χ0) is 14.1. The van der Waals surface area contributed by atoms with Crippen molar-refractivity contribution in [2.75, 3.05) is 0 Å². The van der Waals surface area contributed by atoms with Gasteiger partial charge >= 0.3 is 0 Å². The Balaban J connectivity index is 2.27. The molecule has 0 saturated carbocycles. The minimum absolute atomic E-state index is 0.594. The largest absolute Gasteiger partial charge is 0.485 e. The molecule has 0 aliphatic carbocycles. The third-order valence-corrected chi connectivity index (χ3v) is 4.55. The molecular weight excluding hydrogens is 260 g/mol. The van der Waals surface area contributed by atoms with Crippen LogP contribution in [0.15, 0.2) is 36.4 Å². The van der Waals surface area contributed by atoms with Gasteiger partial charge < -0.3 is 4.74 Å². The second-order valence-corrected chi connectivity index (χ2v) is 5.74. The fourth-order valence-corrected chi connectivity index (χ4v) is 3.55. The third kappa shape index (κ3) is 1.22. The molecule has 0 amide bonds. The second kappa shape index (κ2) is 3.55. The number of aromatic nitrogens is 2. The Labute approximate surface area is 121 Å². The van der Waals surface area contributed by atoms with E-state index in [1.54, 1.807) is 0 Å². The van der Waals surface area contributed by atoms with Crippen molar-refractivity contribution in [1.29, 1.82) is 0 Å². The highest BCUT2D eigenvalue weighted by Crippen LogP contribution is 2.39. The molecule has 0 bridgehead atoms. The maximum absolute atomic E-state index is 5.97. The van der Waals surface area contributed by atoms with Gasteiger partial charge in [0.25, 0.3) is 0 Å². The van der Waals surface area contributed by atoms with Crippen molar-refractivity contribution in [3.63, 3.8) is 0 Å². The smallest absolute Gasteiger partial charge is 0.145 e. The maximum atomic E-state index is 5.97. The van der Waals surface area contributed by atoms with Gasteiger partial charge in [0.15, 0.2) is 0 Å². The molecule has 4 aromatic rings. The van der Waals surface area contributed by atoms with E-state index < -0.39 is 0 Å². The molecule has 3 heteroatoms. The van der Waals surface area contributed by atoms with Crippen LogP contribution in [-0.4, -0.2) is 9.38 Å².